The smallest absolute Gasteiger partial charge is 0.337 e. The molecule has 3 aromatic carbocycles. The molecule has 12 nitrogen and oxygen atoms in total. The van der Waals surface area contributed by atoms with Crippen LogP contribution in [0.3, 0.4) is 0 Å². The first-order valence-electron chi connectivity index (χ1n) is 13.9. The molecule has 0 bridgehead atoms. The molecule has 0 aromatic heterocycles. The summed E-state index contributed by atoms with van der Waals surface area (Å²) in [5.74, 6) is 0.824. The van der Waals surface area contributed by atoms with Gasteiger partial charge in [-0.15, -0.1) is 0 Å². The Hall–Kier alpha value is -4.81. The van der Waals surface area contributed by atoms with Gasteiger partial charge in [-0.05, 0) is 84.0 Å². The van der Waals surface area contributed by atoms with Crippen LogP contribution < -0.4 is 30.3 Å². The number of nitrogens with zero attached hydrogens (tertiary/aromatic N) is 2. The second-order valence-electron chi connectivity index (χ2n) is 9.66. The number of hydrogen-bond acceptors (Lipinski definition) is 10. The summed E-state index contributed by atoms with van der Waals surface area (Å²) < 4.78 is 23.2. The number of allylic oxidation sites excluding steroid dienone is 1. The van der Waals surface area contributed by atoms with E-state index < -0.39 is 24.3 Å². The number of methoxy groups -OCH3 is 1. The molecule has 0 saturated carbocycles. The van der Waals surface area contributed by atoms with E-state index in [0.717, 1.165) is 14.7 Å². The van der Waals surface area contributed by atoms with Gasteiger partial charge < -0.3 is 34.7 Å². The number of benzene rings is 3. The molecule has 0 fully saturated rings. The van der Waals surface area contributed by atoms with Crippen molar-refractivity contribution in [3.05, 3.63) is 97.8 Å². The number of hydrazone groups is 1. The molecule has 4 rings (SSSR count). The van der Waals surface area contributed by atoms with Gasteiger partial charge in [-0.3, -0.25) is 5.43 Å². The van der Waals surface area contributed by atoms with Crippen LogP contribution in [0.2, 0.25) is 0 Å². The summed E-state index contributed by atoms with van der Waals surface area (Å²) in [6.07, 6.45) is 0.417. The maximum Gasteiger partial charge on any atom is 0.337 e. The lowest BCUT2D eigenvalue weighted by Crippen LogP contribution is -2.45. The third-order valence-electron chi connectivity index (χ3n) is 6.59. The van der Waals surface area contributed by atoms with Crippen LogP contribution in [0.15, 0.2) is 77.0 Å². The number of hydrogen-bond donors (Lipinski definition) is 4. The Balaban J connectivity index is 1.35. The number of nitrogens with one attached hydrogen (secondary N) is 3. The Morgan fingerprint density at radius 2 is 1.91 bits per heavy atom. The zero-order valence-corrected chi connectivity index (χ0v) is 27.0. The molecule has 4 N–H and O–H groups in total. The Morgan fingerprint density at radius 1 is 1.13 bits per heavy atom. The van der Waals surface area contributed by atoms with Crippen molar-refractivity contribution >= 4 is 40.8 Å². The molecular weight excluding hydrogens is 693 g/mol. The summed E-state index contributed by atoms with van der Waals surface area (Å²) in [6.45, 7) is 3.89. The average molecular weight is 726 g/mol. The van der Waals surface area contributed by atoms with Gasteiger partial charge >= 0.3 is 12.0 Å². The molecule has 0 spiro atoms. The van der Waals surface area contributed by atoms with E-state index in [-0.39, 0.29) is 18.8 Å². The Labute approximate surface area is 274 Å². The van der Waals surface area contributed by atoms with Crippen molar-refractivity contribution in [2.75, 3.05) is 20.3 Å². The Kier molecular flexibility index (Phi) is 11.6. The summed E-state index contributed by atoms with van der Waals surface area (Å²) in [5, 5.41) is 29.1. The number of amides is 2. The van der Waals surface area contributed by atoms with Crippen LogP contribution in [0.1, 0.15) is 42.1 Å². The molecule has 2 atom stereocenters. The number of carbonyl (C=O) groups is 2. The fourth-order valence-electron chi connectivity index (χ4n) is 4.45. The van der Waals surface area contributed by atoms with E-state index in [1.54, 1.807) is 37.4 Å². The number of rotatable bonds is 13. The SMILES string of the molecule is CCOc1cc([C@H]2NC(=O)NC(C)=C2C(=O)OC)ccc1OC[C@@H](O)N/N=C\c1ccc(OCc2ccccc2C#N)c(I)c1. The normalized spacial score (nSPS) is 15.0. The van der Waals surface area contributed by atoms with E-state index in [1.807, 2.05) is 43.3 Å². The van der Waals surface area contributed by atoms with Crippen LogP contribution in [-0.2, 0) is 16.1 Å². The predicted octanol–water partition coefficient (Wildman–Crippen LogP) is 4.26. The maximum absolute atomic E-state index is 12.4. The van der Waals surface area contributed by atoms with Gasteiger partial charge in [0.25, 0.3) is 0 Å². The monoisotopic (exact) mass is 725 g/mol. The summed E-state index contributed by atoms with van der Waals surface area (Å²) >= 11 is 2.16. The lowest BCUT2D eigenvalue weighted by molar-refractivity contribution is -0.136. The molecule has 1 aliphatic rings. The Morgan fingerprint density at radius 3 is 2.64 bits per heavy atom. The van der Waals surface area contributed by atoms with Crippen molar-refractivity contribution in [2.24, 2.45) is 5.10 Å². The van der Waals surface area contributed by atoms with Crippen molar-refractivity contribution in [3.8, 4) is 23.3 Å². The highest BCUT2D eigenvalue weighted by Crippen LogP contribution is 2.35. The first-order valence-corrected chi connectivity index (χ1v) is 14.9. The van der Waals surface area contributed by atoms with Gasteiger partial charge in [0.2, 0.25) is 0 Å². The molecule has 0 saturated heterocycles. The highest BCUT2D eigenvalue weighted by molar-refractivity contribution is 14.1. The maximum atomic E-state index is 12.4. The first-order chi connectivity index (χ1) is 21.7. The van der Waals surface area contributed by atoms with Crippen molar-refractivity contribution in [3.63, 3.8) is 0 Å². The molecule has 1 aliphatic heterocycles. The number of halogens is 1. The number of urea groups is 1. The minimum absolute atomic E-state index is 0.151. The van der Waals surface area contributed by atoms with Crippen molar-refractivity contribution in [1.82, 2.24) is 16.1 Å². The number of esters is 1. The van der Waals surface area contributed by atoms with Crippen LogP contribution in [0.5, 0.6) is 17.2 Å². The van der Waals surface area contributed by atoms with Crippen LogP contribution in [0.25, 0.3) is 0 Å². The van der Waals surface area contributed by atoms with Gasteiger partial charge in [0.05, 0.1) is 46.7 Å². The third kappa shape index (κ3) is 8.64. The number of aliphatic hydroxyl groups is 1. The van der Waals surface area contributed by atoms with Gasteiger partial charge in [-0.1, -0.05) is 24.3 Å². The first kappa shape index (κ1) is 33.1. The van der Waals surface area contributed by atoms with Crippen molar-refractivity contribution in [1.29, 1.82) is 5.26 Å². The van der Waals surface area contributed by atoms with E-state index in [9.17, 15) is 20.0 Å². The summed E-state index contributed by atoms with van der Waals surface area (Å²) in [7, 11) is 1.27. The van der Waals surface area contributed by atoms with Crippen LogP contribution in [-0.4, -0.2) is 49.9 Å². The van der Waals surface area contributed by atoms with E-state index in [0.29, 0.717) is 40.7 Å². The highest BCUT2D eigenvalue weighted by atomic mass is 127. The minimum Gasteiger partial charge on any atom is -0.490 e. The second-order valence-corrected chi connectivity index (χ2v) is 10.8. The van der Waals surface area contributed by atoms with E-state index in [4.69, 9.17) is 18.9 Å². The lowest BCUT2D eigenvalue weighted by atomic mass is 9.95. The Bertz CT molecular complexity index is 1650. The van der Waals surface area contributed by atoms with E-state index in [2.05, 4.69) is 49.8 Å². The molecule has 234 valence electrons. The standard InChI is InChI=1S/C32H32IN5O7/c1-4-43-27-14-21(30-29(31(40)42-3)19(2)36-32(41)37-30)10-12-26(27)45-18-28(39)38-35-16-20-9-11-25(24(33)13-20)44-17-23-8-6-5-7-22(23)15-34/h5-14,16,28,30,38-39H,4,17-18H2,1-3H3,(H2,36,37,41)/b35-16-/t28-,30-/m1/s1. The second kappa shape index (κ2) is 15.8. The van der Waals surface area contributed by atoms with Crippen LogP contribution in [0.4, 0.5) is 4.79 Å². The van der Waals surface area contributed by atoms with Gasteiger partial charge in [-0.25, -0.2) is 9.59 Å². The van der Waals surface area contributed by atoms with Crippen LogP contribution >= 0.6 is 22.6 Å². The molecule has 0 aliphatic carbocycles. The number of aliphatic hydroxyl groups excluding tert-OH is 1. The number of ether oxygens (including phenoxy) is 4. The topological polar surface area (TPSA) is 164 Å². The largest absolute Gasteiger partial charge is 0.490 e. The molecule has 0 unspecified atom stereocenters. The predicted molar refractivity (Wildman–Crippen MR) is 174 cm³/mol. The summed E-state index contributed by atoms with van der Waals surface area (Å²) in [6, 6.07) is 18.8. The van der Waals surface area contributed by atoms with E-state index >= 15 is 0 Å². The fourth-order valence-corrected chi connectivity index (χ4v) is 5.14. The quantitative estimate of drug-likeness (QED) is 0.0663. The number of nitriles is 1. The molecular formula is C32H32IN5O7. The summed E-state index contributed by atoms with van der Waals surface area (Å²) in [4.78, 5) is 24.6. The number of carbonyl (C=O) groups excluding carboxylic acids is 2. The molecule has 0 radical (unpaired) electrons. The fraction of sp³-hybridized carbons (Fsp3) is 0.250. The molecule has 2 amide bonds. The lowest BCUT2D eigenvalue weighted by Gasteiger charge is -2.28. The van der Waals surface area contributed by atoms with Gasteiger partial charge in [0.15, 0.2) is 17.7 Å². The molecule has 3 aromatic rings. The van der Waals surface area contributed by atoms with Crippen molar-refractivity contribution in [2.45, 2.75) is 32.7 Å². The van der Waals surface area contributed by atoms with Gasteiger partial charge in [0, 0.05) is 11.3 Å². The molecule has 13 heteroatoms. The zero-order chi connectivity index (χ0) is 32.3. The minimum atomic E-state index is -1.14. The van der Waals surface area contributed by atoms with E-state index in [1.165, 1.54) is 7.11 Å². The molecule has 1 heterocycles. The van der Waals surface area contributed by atoms with Gasteiger partial charge in [0.1, 0.15) is 19.0 Å². The highest BCUT2D eigenvalue weighted by Gasteiger charge is 2.32. The zero-order valence-electron chi connectivity index (χ0n) is 24.8. The van der Waals surface area contributed by atoms with Crippen LogP contribution in [0, 0.1) is 14.9 Å². The molecule has 45 heavy (non-hydrogen) atoms. The van der Waals surface area contributed by atoms with Gasteiger partial charge in [-0.2, -0.15) is 10.4 Å². The summed E-state index contributed by atoms with van der Waals surface area (Å²) in [5.41, 5.74) is 6.03. The average Bonchev–Trinajstić information content (AvgIpc) is 3.03. The third-order valence-corrected chi connectivity index (χ3v) is 7.43. The van der Waals surface area contributed by atoms with Crippen molar-refractivity contribution < 1.29 is 33.6 Å².